The van der Waals surface area contributed by atoms with E-state index in [4.69, 9.17) is 0 Å². The van der Waals surface area contributed by atoms with Crippen LogP contribution < -0.4 is 5.32 Å². The lowest BCUT2D eigenvalue weighted by Crippen LogP contribution is -2.24. The van der Waals surface area contributed by atoms with Crippen LogP contribution in [0.4, 0.5) is 0 Å². The number of carbonyl (C=O) groups is 1. The highest BCUT2D eigenvalue weighted by molar-refractivity contribution is 5.78. The molecule has 1 aliphatic heterocycles. The third-order valence-electron chi connectivity index (χ3n) is 3.99. The average molecular weight is 253 g/mol. The number of hydrogen-bond donors (Lipinski definition) is 1. The largest absolute Gasteiger partial charge is 0.353 e. The Morgan fingerprint density at radius 1 is 0.944 bits per heavy atom. The molecule has 1 N–H and O–H groups in total. The Hall–Kier alpha value is -0.530. The first-order chi connectivity index (χ1) is 8.83. The maximum absolute atomic E-state index is 11.0. The van der Waals surface area contributed by atoms with Gasteiger partial charge in [-0.3, -0.25) is 4.79 Å². The third kappa shape index (κ3) is 7.73. The highest BCUT2D eigenvalue weighted by atomic mass is 16.1. The van der Waals surface area contributed by atoms with Gasteiger partial charge in [-0.05, 0) is 12.8 Å². The molecule has 0 bridgehead atoms. The Morgan fingerprint density at radius 3 is 2.00 bits per heavy atom. The van der Waals surface area contributed by atoms with Crippen molar-refractivity contribution in [2.24, 2.45) is 0 Å². The normalized spacial score (nSPS) is 19.2. The Balaban J connectivity index is 1.75. The van der Waals surface area contributed by atoms with E-state index in [0.717, 1.165) is 12.8 Å². The lowest BCUT2D eigenvalue weighted by Gasteiger charge is -2.09. The topological polar surface area (TPSA) is 29.1 Å². The minimum atomic E-state index is 0.257. The van der Waals surface area contributed by atoms with E-state index >= 15 is 0 Å². The Kier molecular flexibility index (Phi) is 8.97. The van der Waals surface area contributed by atoms with Crippen molar-refractivity contribution >= 4 is 5.91 Å². The van der Waals surface area contributed by atoms with Gasteiger partial charge in [-0.1, -0.05) is 71.1 Å². The maximum Gasteiger partial charge on any atom is 0.220 e. The molecule has 0 aromatic heterocycles. The predicted molar refractivity (Wildman–Crippen MR) is 77.6 cm³/mol. The van der Waals surface area contributed by atoms with E-state index in [2.05, 4.69) is 12.2 Å². The number of nitrogens with one attached hydrogen (secondary N) is 1. The highest BCUT2D eigenvalue weighted by Gasteiger charge is 2.19. The van der Waals surface area contributed by atoms with E-state index in [1.807, 2.05) is 0 Å². The first kappa shape index (κ1) is 15.5. The molecule has 2 nitrogen and oxygen atoms in total. The van der Waals surface area contributed by atoms with Gasteiger partial charge in [0, 0.05) is 12.5 Å². The second-order valence-electron chi connectivity index (χ2n) is 5.77. The fraction of sp³-hybridized carbons (Fsp3) is 0.938. The SMILES string of the molecule is CCCCCCCCCCCCC1CCC(=O)N1. The summed E-state index contributed by atoms with van der Waals surface area (Å²) in [5, 5.41) is 3.05. The minimum absolute atomic E-state index is 0.257. The molecule has 0 aromatic carbocycles. The van der Waals surface area contributed by atoms with Crippen molar-refractivity contribution in [2.45, 2.75) is 96.4 Å². The van der Waals surface area contributed by atoms with Crippen LogP contribution in [0, 0.1) is 0 Å². The van der Waals surface area contributed by atoms with Gasteiger partial charge in [-0.25, -0.2) is 0 Å². The summed E-state index contributed by atoms with van der Waals surface area (Å²) in [6.45, 7) is 2.27. The highest BCUT2D eigenvalue weighted by Crippen LogP contribution is 2.15. The van der Waals surface area contributed by atoms with Crippen molar-refractivity contribution in [1.29, 1.82) is 0 Å². The second-order valence-corrected chi connectivity index (χ2v) is 5.77. The summed E-state index contributed by atoms with van der Waals surface area (Å²) in [5.41, 5.74) is 0. The summed E-state index contributed by atoms with van der Waals surface area (Å²) in [6, 6.07) is 0.492. The standard InChI is InChI=1S/C16H31NO/c1-2-3-4-5-6-7-8-9-10-11-12-15-13-14-16(18)17-15/h15H,2-14H2,1H3,(H,17,18). The summed E-state index contributed by atoms with van der Waals surface area (Å²) in [7, 11) is 0. The zero-order valence-electron chi connectivity index (χ0n) is 12.2. The van der Waals surface area contributed by atoms with E-state index in [1.165, 1.54) is 70.6 Å². The van der Waals surface area contributed by atoms with Crippen molar-refractivity contribution in [3.05, 3.63) is 0 Å². The molecule has 1 heterocycles. The molecular weight excluding hydrogens is 222 g/mol. The zero-order valence-corrected chi connectivity index (χ0v) is 12.2. The van der Waals surface area contributed by atoms with Crippen LogP contribution in [0.5, 0.6) is 0 Å². The Bertz CT molecular complexity index is 215. The molecule has 1 aliphatic rings. The fourth-order valence-corrected chi connectivity index (χ4v) is 2.77. The van der Waals surface area contributed by atoms with E-state index in [1.54, 1.807) is 0 Å². The summed E-state index contributed by atoms with van der Waals surface area (Å²) < 4.78 is 0. The zero-order chi connectivity index (χ0) is 13.1. The van der Waals surface area contributed by atoms with Gasteiger partial charge < -0.3 is 5.32 Å². The molecule has 0 aromatic rings. The van der Waals surface area contributed by atoms with Gasteiger partial charge in [-0.15, -0.1) is 0 Å². The lowest BCUT2D eigenvalue weighted by molar-refractivity contribution is -0.119. The average Bonchev–Trinajstić information content (AvgIpc) is 2.77. The van der Waals surface area contributed by atoms with Crippen LogP contribution in [0.25, 0.3) is 0 Å². The van der Waals surface area contributed by atoms with Crippen LogP contribution in [0.2, 0.25) is 0 Å². The van der Waals surface area contributed by atoms with Crippen molar-refractivity contribution in [1.82, 2.24) is 5.32 Å². The van der Waals surface area contributed by atoms with Gasteiger partial charge in [0.2, 0.25) is 5.91 Å². The number of carbonyl (C=O) groups excluding carboxylic acids is 1. The molecule has 1 rings (SSSR count). The van der Waals surface area contributed by atoms with Crippen LogP contribution in [-0.2, 0) is 4.79 Å². The molecule has 2 heteroatoms. The van der Waals surface area contributed by atoms with Gasteiger partial charge in [-0.2, -0.15) is 0 Å². The first-order valence-corrected chi connectivity index (χ1v) is 8.12. The molecular formula is C16H31NO. The lowest BCUT2D eigenvalue weighted by atomic mass is 10.0. The fourth-order valence-electron chi connectivity index (χ4n) is 2.77. The second kappa shape index (κ2) is 10.4. The molecule has 0 spiro atoms. The summed E-state index contributed by atoms with van der Waals surface area (Å²) in [5.74, 6) is 0.257. The van der Waals surface area contributed by atoms with E-state index in [0.29, 0.717) is 6.04 Å². The third-order valence-corrected chi connectivity index (χ3v) is 3.99. The Morgan fingerprint density at radius 2 is 1.50 bits per heavy atom. The number of amides is 1. The molecule has 0 saturated carbocycles. The van der Waals surface area contributed by atoms with Crippen LogP contribution in [0.1, 0.15) is 90.4 Å². The van der Waals surface area contributed by atoms with Gasteiger partial charge in [0.25, 0.3) is 0 Å². The van der Waals surface area contributed by atoms with Crippen molar-refractivity contribution < 1.29 is 4.79 Å². The van der Waals surface area contributed by atoms with Crippen molar-refractivity contribution in [2.75, 3.05) is 0 Å². The monoisotopic (exact) mass is 253 g/mol. The van der Waals surface area contributed by atoms with Gasteiger partial charge >= 0.3 is 0 Å². The molecule has 1 fully saturated rings. The first-order valence-electron chi connectivity index (χ1n) is 8.12. The molecule has 1 unspecified atom stereocenters. The summed E-state index contributed by atoms with van der Waals surface area (Å²) in [4.78, 5) is 11.0. The quantitative estimate of drug-likeness (QED) is 0.537. The van der Waals surface area contributed by atoms with Gasteiger partial charge in [0.15, 0.2) is 0 Å². The number of rotatable bonds is 11. The number of unbranched alkanes of at least 4 members (excludes halogenated alkanes) is 9. The molecule has 0 radical (unpaired) electrons. The molecule has 1 amide bonds. The minimum Gasteiger partial charge on any atom is -0.353 e. The molecule has 106 valence electrons. The molecule has 1 atom stereocenters. The smallest absolute Gasteiger partial charge is 0.220 e. The van der Waals surface area contributed by atoms with Crippen molar-refractivity contribution in [3.63, 3.8) is 0 Å². The van der Waals surface area contributed by atoms with Gasteiger partial charge in [0.05, 0.1) is 0 Å². The van der Waals surface area contributed by atoms with Crippen LogP contribution in [-0.4, -0.2) is 11.9 Å². The predicted octanol–water partition coefficient (Wildman–Crippen LogP) is 4.58. The van der Waals surface area contributed by atoms with Crippen LogP contribution in [0.3, 0.4) is 0 Å². The summed E-state index contributed by atoms with van der Waals surface area (Å²) >= 11 is 0. The maximum atomic E-state index is 11.0. The van der Waals surface area contributed by atoms with E-state index < -0.39 is 0 Å². The molecule has 1 saturated heterocycles. The van der Waals surface area contributed by atoms with Crippen LogP contribution in [0.15, 0.2) is 0 Å². The summed E-state index contributed by atoms with van der Waals surface area (Å²) in [6.07, 6.45) is 16.9. The van der Waals surface area contributed by atoms with Gasteiger partial charge in [0.1, 0.15) is 0 Å². The molecule has 18 heavy (non-hydrogen) atoms. The Labute approximate surface area is 113 Å². The van der Waals surface area contributed by atoms with Crippen molar-refractivity contribution in [3.8, 4) is 0 Å². The van der Waals surface area contributed by atoms with Crippen LogP contribution >= 0.6 is 0 Å². The van der Waals surface area contributed by atoms with E-state index in [-0.39, 0.29) is 5.91 Å². The van der Waals surface area contributed by atoms with E-state index in [9.17, 15) is 4.79 Å². The number of hydrogen-bond acceptors (Lipinski definition) is 1. The molecule has 0 aliphatic carbocycles.